The first-order chi connectivity index (χ1) is 6.59. The van der Waals surface area contributed by atoms with E-state index >= 15 is 0 Å². The topological polar surface area (TPSA) is 37.3 Å². The fourth-order valence-corrected chi connectivity index (χ4v) is 1.46. The molecule has 0 heterocycles. The third-order valence-electron chi connectivity index (χ3n) is 2.02. The molecular formula is C11H13BrO2. The van der Waals surface area contributed by atoms with Gasteiger partial charge in [0.25, 0.3) is 0 Å². The van der Waals surface area contributed by atoms with E-state index in [0.29, 0.717) is 12.8 Å². The second-order valence-electron chi connectivity index (χ2n) is 3.31. The normalized spacial score (nSPS) is 12.5. The minimum Gasteiger partial charge on any atom is -0.388 e. The summed E-state index contributed by atoms with van der Waals surface area (Å²) in [6.07, 6.45) is 0.390. The number of benzene rings is 1. The van der Waals surface area contributed by atoms with Gasteiger partial charge in [-0.3, -0.25) is 0 Å². The SMILES string of the molecule is CC(=O)CC[C@@H](O)c1ccc(Br)cc1. The van der Waals surface area contributed by atoms with E-state index in [0.717, 1.165) is 10.0 Å². The molecule has 3 heteroatoms. The molecule has 76 valence electrons. The van der Waals surface area contributed by atoms with Crippen LogP contribution in [0, 0.1) is 0 Å². The average Bonchev–Trinajstić information content (AvgIpc) is 2.15. The number of hydrogen-bond acceptors (Lipinski definition) is 2. The molecule has 0 unspecified atom stereocenters. The predicted molar refractivity (Wildman–Crippen MR) is 59.0 cm³/mol. The zero-order valence-electron chi connectivity index (χ0n) is 8.03. The van der Waals surface area contributed by atoms with Gasteiger partial charge in [0, 0.05) is 10.9 Å². The third kappa shape index (κ3) is 3.60. The van der Waals surface area contributed by atoms with Crippen LogP contribution in [0.1, 0.15) is 31.4 Å². The Morgan fingerprint density at radius 1 is 1.43 bits per heavy atom. The number of aliphatic hydroxyl groups is 1. The first kappa shape index (κ1) is 11.4. The Balaban J connectivity index is 2.56. The third-order valence-corrected chi connectivity index (χ3v) is 2.55. The van der Waals surface area contributed by atoms with Gasteiger partial charge in [0.2, 0.25) is 0 Å². The summed E-state index contributed by atoms with van der Waals surface area (Å²) in [7, 11) is 0. The first-order valence-corrected chi connectivity index (χ1v) is 5.32. The largest absolute Gasteiger partial charge is 0.388 e. The lowest BCUT2D eigenvalue weighted by atomic mass is 10.0. The van der Waals surface area contributed by atoms with Crippen LogP contribution in [-0.4, -0.2) is 10.9 Å². The molecule has 0 bridgehead atoms. The highest BCUT2D eigenvalue weighted by Crippen LogP contribution is 2.20. The van der Waals surface area contributed by atoms with Gasteiger partial charge in [-0.25, -0.2) is 0 Å². The molecule has 0 amide bonds. The number of halogens is 1. The van der Waals surface area contributed by atoms with Gasteiger partial charge < -0.3 is 9.90 Å². The van der Waals surface area contributed by atoms with Crippen molar-refractivity contribution in [3.63, 3.8) is 0 Å². The fraction of sp³-hybridized carbons (Fsp3) is 0.364. The summed E-state index contributed by atoms with van der Waals surface area (Å²) in [4.78, 5) is 10.7. The average molecular weight is 257 g/mol. The lowest BCUT2D eigenvalue weighted by molar-refractivity contribution is -0.117. The maximum atomic E-state index is 10.7. The van der Waals surface area contributed by atoms with Crippen LogP contribution in [0.15, 0.2) is 28.7 Å². The van der Waals surface area contributed by atoms with Crippen molar-refractivity contribution >= 4 is 21.7 Å². The van der Waals surface area contributed by atoms with Gasteiger partial charge in [-0.1, -0.05) is 28.1 Å². The highest BCUT2D eigenvalue weighted by molar-refractivity contribution is 9.10. The molecule has 0 aliphatic carbocycles. The maximum Gasteiger partial charge on any atom is 0.129 e. The highest BCUT2D eigenvalue weighted by atomic mass is 79.9. The standard InChI is InChI=1S/C11H13BrO2/c1-8(13)2-7-11(14)9-3-5-10(12)6-4-9/h3-6,11,14H,2,7H2,1H3/t11-/m1/s1. The van der Waals surface area contributed by atoms with Crippen molar-refractivity contribution in [2.24, 2.45) is 0 Å². The van der Waals surface area contributed by atoms with E-state index in [4.69, 9.17) is 0 Å². The molecule has 2 nitrogen and oxygen atoms in total. The van der Waals surface area contributed by atoms with Crippen LogP contribution in [-0.2, 0) is 4.79 Å². The number of carbonyl (C=O) groups is 1. The van der Waals surface area contributed by atoms with Crippen molar-refractivity contribution in [3.05, 3.63) is 34.3 Å². The highest BCUT2D eigenvalue weighted by Gasteiger charge is 2.07. The summed E-state index contributed by atoms with van der Waals surface area (Å²) in [6.45, 7) is 1.54. The smallest absolute Gasteiger partial charge is 0.129 e. The molecule has 1 aromatic carbocycles. The minimum absolute atomic E-state index is 0.112. The summed E-state index contributed by atoms with van der Waals surface area (Å²) in [5.74, 6) is 0.112. The van der Waals surface area contributed by atoms with Gasteiger partial charge >= 0.3 is 0 Å². The van der Waals surface area contributed by atoms with E-state index in [1.165, 1.54) is 6.92 Å². The lowest BCUT2D eigenvalue weighted by Crippen LogP contribution is -2.00. The van der Waals surface area contributed by atoms with Crippen LogP contribution in [0.5, 0.6) is 0 Å². The Bertz CT molecular complexity index is 306. The van der Waals surface area contributed by atoms with Gasteiger partial charge in [0.05, 0.1) is 6.10 Å². The van der Waals surface area contributed by atoms with Gasteiger partial charge in [-0.05, 0) is 31.0 Å². The zero-order chi connectivity index (χ0) is 10.6. The van der Waals surface area contributed by atoms with Crippen LogP contribution >= 0.6 is 15.9 Å². The summed E-state index contributed by atoms with van der Waals surface area (Å²) in [5, 5.41) is 9.69. The molecule has 1 N–H and O–H groups in total. The molecule has 0 saturated heterocycles. The van der Waals surface area contributed by atoms with Crippen molar-refractivity contribution in [1.82, 2.24) is 0 Å². The van der Waals surface area contributed by atoms with E-state index in [2.05, 4.69) is 15.9 Å². The summed E-state index contributed by atoms with van der Waals surface area (Å²) < 4.78 is 0.986. The van der Waals surface area contributed by atoms with E-state index in [1.54, 1.807) is 0 Å². The quantitative estimate of drug-likeness (QED) is 0.900. The zero-order valence-corrected chi connectivity index (χ0v) is 9.62. The molecule has 0 radical (unpaired) electrons. The number of carbonyl (C=O) groups excluding carboxylic acids is 1. The van der Waals surface area contributed by atoms with Gasteiger partial charge in [0.1, 0.15) is 5.78 Å². The van der Waals surface area contributed by atoms with Gasteiger partial charge in [-0.15, -0.1) is 0 Å². The molecule has 0 aromatic heterocycles. The second kappa shape index (κ2) is 5.27. The Labute approximate surface area is 92.1 Å². The molecule has 0 spiro atoms. The van der Waals surface area contributed by atoms with Crippen LogP contribution in [0.2, 0.25) is 0 Å². The number of ketones is 1. The maximum absolute atomic E-state index is 10.7. The van der Waals surface area contributed by atoms with Gasteiger partial charge in [-0.2, -0.15) is 0 Å². The van der Waals surface area contributed by atoms with Gasteiger partial charge in [0.15, 0.2) is 0 Å². The molecule has 1 atom stereocenters. The van der Waals surface area contributed by atoms with Crippen molar-refractivity contribution in [2.45, 2.75) is 25.9 Å². The fourth-order valence-electron chi connectivity index (χ4n) is 1.19. The van der Waals surface area contributed by atoms with E-state index in [1.807, 2.05) is 24.3 Å². The van der Waals surface area contributed by atoms with Crippen molar-refractivity contribution in [3.8, 4) is 0 Å². The van der Waals surface area contributed by atoms with Crippen molar-refractivity contribution in [1.29, 1.82) is 0 Å². The van der Waals surface area contributed by atoms with Crippen molar-refractivity contribution in [2.75, 3.05) is 0 Å². The second-order valence-corrected chi connectivity index (χ2v) is 4.22. The molecule has 1 aromatic rings. The molecule has 0 saturated carbocycles. The van der Waals surface area contributed by atoms with E-state index in [9.17, 15) is 9.90 Å². The van der Waals surface area contributed by atoms with E-state index in [-0.39, 0.29) is 5.78 Å². The summed E-state index contributed by atoms with van der Waals surface area (Å²) >= 11 is 3.32. The van der Waals surface area contributed by atoms with Crippen LogP contribution in [0.4, 0.5) is 0 Å². The van der Waals surface area contributed by atoms with Crippen molar-refractivity contribution < 1.29 is 9.90 Å². The number of Topliss-reactive ketones (excluding diaryl/α,β-unsaturated/α-hetero) is 1. The Morgan fingerprint density at radius 2 is 2.00 bits per heavy atom. The van der Waals surface area contributed by atoms with Crippen LogP contribution in [0.25, 0.3) is 0 Å². The molecule has 0 aliphatic heterocycles. The summed E-state index contributed by atoms with van der Waals surface area (Å²) in [6, 6.07) is 7.47. The lowest BCUT2D eigenvalue weighted by Gasteiger charge is -2.09. The van der Waals surface area contributed by atoms with Crippen LogP contribution in [0.3, 0.4) is 0 Å². The number of rotatable bonds is 4. The minimum atomic E-state index is -0.535. The van der Waals surface area contributed by atoms with Crippen LogP contribution < -0.4 is 0 Å². The van der Waals surface area contributed by atoms with E-state index < -0.39 is 6.10 Å². The first-order valence-electron chi connectivity index (χ1n) is 4.52. The number of hydrogen-bond donors (Lipinski definition) is 1. The molecule has 14 heavy (non-hydrogen) atoms. The number of aliphatic hydroxyl groups excluding tert-OH is 1. The molecule has 0 fully saturated rings. The Morgan fingerprint density at radius 3 is 2.50 bits per heavy atom. The monoisotopic (exact) mass is 256 g/mol. The molecular weight excluding hydrogens is 244 g/mol. The Kier molecular flexibility index (Phi) is 4.29. The molecule has 1 rings (SSSR count). The summed E-state index contributed by atoms with van der Waals surface area (Å²) in [5.41, 5.74) is 0.856. The Hall–Kier alpha value is -0.670. The predicted octanol–water partition coefficient (Wildman–Crippen LogP) is 2.85. The molecule has 0 aliphatic rings.